The van der Waals surface area contributed by atoms with Crippen LogP contribution in [0.1, 0.15) is 21.9 Å². The van der Waals surface area contributed by atoms with E-state index in [-0.39, 0.29) is 24.1 Å². The smallest absolute Gasteiger partial charge is 0.289 e. The maximum Gasteiger partial charge on any atom is 0.289 e. The third-order valence-electron chi connectivity index (χ3n) is 3.99. The Morgan fingerprint density at radius 2 is 1.67 bits per heavy atom. The van der Waals surface area contributed by atoms with Gasteiger partial charge < -0.3 is 18.8 Å². The highest BCUT2D eigenvalue weighted by Crippen LogP contribution is 2.17. The molecule has 0 aliphatic rings. The van der Waals surface area contributed by atoms with Crippen LogP contribution in [0.5, 0.6) is 11.5 Å². The van der Waals surface area contributed by atoms with Crippen molar-refractivity contribution < 1.29 is 23.1 Å². The zero-order valence-electron chi connectivity index (χ0n) is 15.1. The van der Waals surface area contributed by atoms with Crippen molar-refractivity contribution in [3.05, 3.63) is 83.6 Å². The van der Waals surface area contributed by atoms with E-state index in [1.807, 2.05) is 24.3 Å². The third kappa shape index (κ3) is 4.88. The van der Waals surface area contributed by atoms with Crippen molar-refractivity contribution in [2.24, 2.45) is 0 Å². The minimum Gasteiger partial charge on any atom is -0.497 e. The van der Waals surface area contributed by atoms with E-state index >= 15 is 0 Å². The molecule has 140 valence electrons. The second-order valence-electron chi connectivity index (χ2n) is 6.02. The minimum absolute atomic E-state index is 0.154. The van der Waals surface area contributed by atoms with Crippen molar-refractivity contribution in [1.82, 2.24) is 4.90 Å². The molecule has 0 saturated heterocycles. The number of halogens is 1. The predicted octanol–water partition coefficient (Wildman–Crippen LogP) is 4.28. The van der Waals surface area contributed by atoms with Gasteiger partial charge in [0.05, 0.1) is 7.11 Å². The number of rotatable bonds is 7. The highest BCUT2D eigenvalue weighted by Gasteiger charge is 2.16. The molecule has 0 unspecified atom stereocenters. The first-order valence-electron chi connectivity index (χ1n) is 8.40. The molecule has 0 bridgehead atoms. The Labute approximate surface area is 156 Å². The standard InChI is InChI=1S/C21H20FNO4/c1-23(13-15-3-7-17(25-2)8-4-15)21(24)20-12-11-19(27-20)14-26-18-9-5-16(22)6-10-18/h3-12H,13-14H2,1-2H3. The van der Waals surface area contributed by atoms with Crippen molar-refractivity contribution in [2.45, 2.75) is 13.2 Å². The summed E-state index contributed by atoms with van der Waals surface area (Å²) in [6.45, 7) is 0.603. The first-order chi connectivity index (χ1) is 13.0. The molecule has 0 atom stereocenters. The van der Waals surface area contributed by atoms with Gasteiger partial charge in [-0.1, -0.05) is 12.1 Å². The van der Waals surface area contributed by atoms with Crippen LogP contribution in [-0.4, -0.2) is 25.0 Å². The van der Waals surface area contributed by atoms with Crippen LogP contribution >= 0.6 is 0 Å². The molecule has 27 heavy (non-hydrogen) atoms. The lowest BCUT2D eigenvalue weighted by Crippen LogP contribution is -2.25. The molecule has 0 aliphatic carbocycles. The van der Waals surface area contributed by atoms with E-state index < -0.39 is 0 Å². The summed E-state index contributed by atoms with van der Waals surface area (Å²) in [6.07, 6.45) is 0. The summed E-state index contributed by atoms with van der Waals surface area (Å²) in [6, 6.07) is 16.5. The fourth-order valence-electron chi connectivity index (χ4n) is 2.52. The molecule has 0 radical (unpaired) electrons. The molecule has 3 rings (SSSR count). The number of ether oxygens (including phenoxy) is 2. The summed E-state index contributed by atoms with van der Waals surface area (Å²) in [5, 5.41) is 0. The Kier molecular flexibility index (Phi) is 5.76. The molecule has 0 saturated carbocycles. The Bertz CT molecular complexity index is 887. The molecular weight excluding hydrogens is 349 g/mol. The first kappa shape index (κ1) is 18.5. The second-order valence-corrected chi connectivity index (χ2v) is 6.02. The lowest BCUT2D eigenvalue weighted by Gasteiger charge is -2.16. The number of hydrogen-bond donors (Lipinski definition) is 0. The zero-order chi connectivity index (χ0) is 19.2. The molecule has 1 amide bonds. The SMILES string of the molecule is COc1ccc(CN(C)C(=O)c2ccc(COc3ccc(F)cc3)o2)cc1. The molecule has 6 heteroatoms. The number of furan rings is 1. The monoisotopic (exact) mass is 369 g/mol. The van der Waals surface area contributed by atoms with Crippen LogP contribution in [0.3, 0.4) is 0 Å². The molecule has 5 nitrogen and oxygen atoms in total. The highest BCUT2D eigenvalue weighted by atomic mass is 19.1. The summed E-state index contributed by atoms with van der Waals surface area (Å²) in [5.74, 6) is 1.50. The number of carbonyl (C=O) groups is 1. The fourth-order valence-corrected chi connectivity index (χ4v) is 2.52. The van der Waals surface area contributed by atoms with E-state index in [2.05, 4.69) is 0 Å². The summed E-state index contributed by atoms with van der Waals surface area (Å²) in [4.78, 5) is 14.1. The van der Waals surface area contributed by atoms with Gasteiger partial charge in [0, 0.05) is 13.6 Å². The molecular formula is C21H20FNO4. The lowest BCUT2D eigenvalue weighted by atomic mass is 10.2. The van der Waals surface area contributed by atoms with Crippen LogP contribution in [0.25, 0.3) is 0 Å². The predicted molar refractivity (Wildman–Crippen MR) is 98.2 cm³/mol. The van der Waals surface area contributed by atoms with Gasteiger partial charge in [0.25, 0.3) is 5.91 Å². The van der Waals surface area contributed by atoms with E-state index in [1.165, 1.54) is 24.3 Å². The van der Waals surface area contributed by atoms with E-state index in [4.69, 9.17) is 13.9 Å². The third-order valence-corrected chi connectivity index (χ3v) is 3.99. The van der Waals surface area contributed by atoms with Gasteiger partial charge in [0.2, 0.25) is 0 Å². The summed E-state index contributed by atoms with van der Waals surface area (Å²) in [7, 11) is 3.32. The molecule has 0 N–H and O–H groups in total. The van der Waals surface area contributed by atoms with Crippen LogP contribution in [0, 0.1) is 5.82 Å². The summed E-state index contributed by atoms with van der Waals surface area (Å²) in [5.41, 5.74) is 0.984. The van der Waals surface area contributed by atoms with Gasteiger partial charge in [-0.05, 0) is 54.1 Å². The second kappa shape index (κ2) is 8.40. The number of carbonyl (C=O) groups excluding carboxylic acids is 1. The maximum atomic E-state index is 12.9. The van der Waals surface area contributed by atoms with Crippen LogP contribution in [-0.2, 0) is 13.2 Å². The Morgan fingerprint density at radius 1 is 1.00 bits per heavy atom. The van der Waals surface area contributed by atoms with E-state index in [0.717, 1.165) is 11.3 Å². The molecule has 1 aromatic heterocycles. The number of hydrogen-bond acceptors (Lipinski definition) is 4. The highest BCUT2D eigenvalue weighted by molar-refractivity contribution is 5.91. The van der Waals surface area contributed by atoms with Gasteiger partial charge in [-0.3, -0.25) is 4.79 Å². The molecule has 0 fully saturated rings. The average Bonchev–Trinajstić information content (AvgIpc) is 3.16. The van der Waals surface area contributed by atoms with Crippen molar-refractivity contribution in [3.8, 4) is 11.5 Å². The van der Waals surface area contributed by atoms with Crippen LogP contribution in [0.15, 0.2) is 65.1 Å². The van der Waals surface area contributed by atoms with Gasteiger partial charge >= 0.3 is 0 Å². The van der Waals surface area contributed by atoms with E-state index in [0.29, 0.717) is 18.1 Å². The Morgan fingerprint density at radius 3 is 2.33 bits per heavy atom. The zero-order valence-corrected chi connectivity index (χ0v) is 15.1. The lowest BCUT2D eigenvalue weighted by molar-refractivity contribution is 0.0749. The van der Waals surface area contributed by atoms with Crippen LogP contribution in [0.2, 0.25) is 0 Å². The molecule has 0 spiro atoms. The van der Waals surface area contributed by atoms with Gasteiger partial charge in [0.15, 0.2) is 5.76 Å². The molecule has 3 aromatic rings. The van der Waals surface area contributed by atoms with E-state index in [9.17, 15) is 9.18 Å². The van der Waals surface area contributed by atoms with Crippen LogP contribution in [0.4, 0.5) is 4.39 Å². The van der Waals surface area contributed by atoms with Crippen molar-refractivity contribution in [3.63, 3.8) is 0 Å². The number of methoxy groups -OCH3 is 1. The summed E-state index contributed by atoms with van der Waals surface area (Å²) >= 11 is 0. The van der Waals surface area contributed by atoms with Crippen molar-refractivity contribution in [1.29, 1.82) is 0 Å². The van der Waals surface area contributed by atoms with Gasteiger partial charge in [-0.25, -0.2) is 4.39 Å². The van der Waals surface area contributed by atoms with Crippen molar-refractivity contribution in [2.75, 3.05) is 14.2 Å². The quantitative estimate of drug-likeness (QED) is 0.624. The van der Waals surface area contributed by atoms with Crippen LogP contribution < -0.4 is 9.47 Å². The van der Waals surface area contributed by atoms with Gasteiger partial charge in [0.1, 0.15) is 29.7 Å². The van der Waals surface area contributed by atoms with Gasteiger partial charge in [-0.15, -0.1) is 0 Å². The largest absolute Gasteiger partial charge is 0.497 e. The average molecular weight is 369 g/mol. The first-order valence-corrected chi connectivity index (χ1v) is 8.40. The molecule has 1 heterocycles. The Hall–Kier alpha value is -3.28. The Balaban J connectivity index is 1.57. The topological polar surface area (TPSA) is 51.9 Å². The number of nitrogens with zero attached hydrogens (tertiary/aromatic N) is 1. The van der Waals surface area contributed by atoms with Crippen molar-refractivity contribution >= 4 is 5.91 Å². The fraction of sp³-hybridized carbons (Fsp3) is 0.190. The van der Waals surface area contributed by atoms with E-state index in [1.54, 1.807) is 31.2 Å². The normalized spacial score (nSPS) is 10.5. The van der Waals surface area contributed by atoms with Gasteiger partial charge in [-0.2, -0.15) is 0 Å². The maximum absolute atomic E-state index is 12.9. The molecule has 2 aromatic carbocycles. The number of benzene rings is 2. The molecule has 0 aliphatic heterocycles. The number of amides is 1. The summed E-state index contributed by atoms with van der Waals surface area (Å²) < 4.78 is 29.1. The minimum atomic E-state index is -0.326.